The van der Waals surface area contributed by atoms with Crippen molar-refractivity contribution in [2.45, 2.75) is 20.4 Å². The van der Waals surface area contributed by atoms with E-state index in [0.717, 1.165) is 29.6 Å². The first-order valence-corrected chi connectivity index (χ1v) is 7.58. The van der Waals surface area contributed by atoms with Gasteiger partial charge in [0.05, 0.1) is 5.69 Å². The van der Waals surface area contributed by atoms with Crippen molar-refractivity contribution in [3.63, 3.8) is 0 Å². The summed E-state index contributed by atoms with van der Waals surface area (Å²) in [6.45, 7) is 6.10. The molecule has 0 saturated heterocycles. The molecule has 1 heterocycles. The third-order valence-corrected chi connectivity index (χ3v) is 3.85. The smallest absolute Gasteiger partial charge is 0.189 e. The van der Waals surface area contributed by atoms with Crippen LogP contribution in [0.3, 0.4) is 0 Å². The largest absolute Gasteiger partial charge is 0.321 e. The molecule has 0 saturated carbocycles. The summed E-state index contributed by atoms with van der Waals surface area (Å²) in [4.78, 5) is 6.48. The molecule has 0 aliphatic heterocycles. The first-order valence-electron chi connectivity index (χ1n) is 6.70. The number of aromatic nitrogens is 1. The average Bonchev–Trinajstić information content (AvgIpc) is 2.86. The topological polar surface area (TPSA) is 28.2 Å². The van der Waals surface area contributed by atoms with Crippen molar-refractivity contribution < 1.29 is 4.39 Å². The fraction of sp³-hybridized carbons (Fsp3) is 0.400. The van der Waals surface area contributed by atoms with Gasteiger partial charge in [0.25, 0.3) is 0 Å². The van der Waals surface area contributed by atoms with Crippen molar-refractivity contribution in [1.82, 2.24) is 10.3 Å². The first-order chi connectivity index (χ1) is 9.56. The molecule has 1 aromatic carbocycles. The standard InChI is InChI=1S/C15H20FN3S/c1-11(2)8-17-9-13-10-20-15(18-13)19(3)14-6-4-5-12(16)7-14/h4-7,10-11,17H,8-9H2,1-3H3. The molecule has 1 aromatic heterocycles. The minimum Gasteiger partial charge on any atom is -0.321 e. The molecule has 0 radical (unpaired) electrons. The van der Waals surface area contributed by atoms with Crippen molar-refractivity contribution in [2.75, 3.05) is 18.5 Å². The van der Waals surface area contributed by atoms with Gasteiger partial charge in [0, 0.05) is 24.7 Å². The van der Waals surface area contributed by atoms with E-state index in [-0.39, 0.29) is 5.82 Å². The van der Waals surface area contributed by atoms with Crippen LogP contribution in [0.15, 0.2) is 29.6 Å². The van der Waals surface area contributed by atoms with Crippen LogP contribution in [0.1, 0.15) is 19.5 Å². The summed E-state index contributed by atoms with van der Waals surface area (Å²) in [5.41, 5.74) is 1.83. The van der Waals surface area contributed by atoms with E-state index in [1.54, 1.807) is 17.4 Å². The SMILES string of the molecule is CC(C)CNCc1csc(N(C)c2cccc(F)c2)n1. The van der Waals surface area contributed by atoms with Crippen LogP contribution in [0.5, 0.6) is 0 Å². The Kier molecular flexibility index (Phi) is 5.09. The van der Waals surface area contributed by atoms with Gasteiger partial charge in [-0.05, 0) is 30.7 Å². The molecule has 20 heavy (non-hydrogen) atoms. The molecule has 5 heteroatoms. The van der Waals surface area contributed by atoms with E-state index >= 15 is 0 Å². The van der Waals surface area contributed by atoms with Gasteiger partial charge >= 0.3 is 0 Å². The lowest BCUT2D eigenvalue weighted by Gasteiger charge is -2.15. The highest BCUT2D eigenvalue weighted by Gasteiger charge is 2.09. The third-order valence-electron chi connectivity index (χ3n) is 2.88. The number of benzene rings is 1. The van der Waals surface area contributed by atoms with E-state index < -0.39 is 0 Å². The molecule has 108 valence electrons. The van der Waals surface area contributed by atoms with E-state index in [2.05, 4.69) is 24.1 Å². The number of nitrogens with one attached hydrogen (secondary N) is 1. The van der Waals surface area contributed by atoms with E-state index in [0.29, 0.717) is 5.92 Å². The normalized spacial score (nSPS) is 11.1. The van der Waals surface area contributed by atoms with Crippen LogP contribution >= 0.6 is 11.3 Å². The number of rotatable bonds is 6. The minimum atomic E-state index is -0.232. The van der Waals surface area contributed by atoms with Crippen LogP contribution in [0.25, 0.3) is 0 Å². The van der Waals surface area contributed by atoms with Gasteiger partial charge in [-0.2, -0.15) is 0 Å². The monoisotopic (exact) mass is 293 g/mol. The Morgan fingerprint density at radius 3 is 2.90 bits per heavy atom. The second-order valence-electron chi connectivity index (χ2n) is 5.19. The van der Waals surface area contributed by atoms with Gasteiger partial charge < -0.3 is 10.2 Å². The summed E-state index contributed by atoms with van der Waals surface area (Å²) < 4.78 is 13.2. The maximum absolute atomic E-state index is 13.2. The predicted octanol–water partition coefficient (Wildman–Crippen LogP) is 3.80. The van der Waals surface area contributed by atoms with Crippen LogP contribution in [-0.4, -0.2) is 18.6 Å². The quantitative estimate of drug-likeness (QED) is 0.878. The Labute approximate surface area is 123 Å². The van der Waals surface area contributed by atoms with Crippen LogP contribution in [-0.2, 0) is 6.54 Å². The predicted molar refractivity (Wildman–Crippen MR) is 83.1 cm³/mol. The van der Waals surface area contributed by atoms with E-state index in [4.69, 9.17) is 0 Å². The van der Waals surface area contributed by atoms with Crippen LogP contribution in [0.2, 0.25) is 0 Å². The van der Waals surface area contributed by atoms with Crippen LogP contribution in [0, 0.1) is 11.7 Å². The maximum atomic E-state index is 13.2. The zero-order valence-corrected chi connectivity index (χ0v) is 12.9. The highest BCUT2D eigenvalue weighted by atomic mass is 32.1. The minimum absolute atomic E-state index is 0.232. The number of halogens is 1. The highest BCUT2D eigenvalue weighted by molar-refractivity contribution is 7.13. The summed E-state index contributed by atoms with van der Waals surface area (Å²) in [6, 6.07) is 6.54. The molecular formula is C15H20FN3S. The maximum Gasteiger partial charge on any atom is 0.189 e. The molecule has 0 fully saturated rings. The average molecular weight is 293 g/mol. The van der Waals surface area contributed by atoms with Crippen LogP contribution < -0.4 is 10.2 Å². The molecule has 0 unspecified atom stereocenters. The van der Waals surface area contributed by atoms with Crippen molar-refractivity contribution in [3.05, 3.63) is 41.2 Å². The van der Waals surface area contributed by atoms with E-state index in [1.807, 2.05) is 23.4 Å². The van der Waals surface area contributed by atoms with Crippen molar-refractivity contribution >= 4 is 22.2 Å². The Morgan fingerprint density at radius 1 is 1.40 bits per heavy atom. The molecule has 0 spiro atoms. The molecule has 2 rings (SSSR count). The Balaban J connectivity index is 2.01. The van der Waals surface area contributed by atoms with Crippen LogP contribution in [0.4, 0.5) is 15.2 Å². The fourth-order valence-electron chi connectivity index (χ4n) is 1.82. The molecule has 0 aliphatic carbocycles. The van der Waals surface area contributed by atoms with Gasteiger partial charge in [-0.3, -0.25) is 0 Å². The number of anilines is 2. The second kappa shape index (κ2) is 6.81. The van der Waals surface area contributed by atoms with Crippen molar-refractivity contribution in [2.24, 2.45) is 5.92 Å². The Morgan fingerprint density at radius 2 is 2.20 bits per heavy atom. The van der Waals surface area contributed by atoms with E-state index in [9.17, 15) is 4.39 Å². The summed E-state index contributed by atoms with van der Waals surface area (Å²) >= 11 is 1.57. The van der Waals surface area contributed by atoms with Crippen molar-refractivity contribution in [1.29, 1.82) is 0 Å². The molecule has 0 atom stereocenters. The summed E-state index contributed by atoms with van der Waals surface area (Å²) in [7, 11) is 1.90. The summed E-state index contributed by atoms with van der Waals surface area (Å²) in [6.07, 6.45) is 0. The van der Waals surface area contributed by atoms with Gasteiger partial charge in [-0.15, -0.1) is 11.3 Å². The molecule has 3 nitrogen and oxygen atoms in total. The summed E-state index contributed by atoms with van der Waals surface area (Å²) in [5, 5.41) is 6.28. The second-order valence-corrected chi connectivity index (χ2v) is 6.02. The number of hydrogen-bond donors (Lipinski definition) is 1. The molecule has 0 bridgehead atoms. The molecule has 1 N–H and O–H groups in total. The molecule has 2 aromatic rings. The first kappa shape index (κ1) is 14.9. The zero-order chi connectivity index (χ0) is 14.5. The van der Waals surface area contributed by atoms with Gasteiger partial charge in [0.1, 0.15) is 5.82 Å². The number of thiazole rings is 1. The lowest BCUT2D eigenvalue weighted by Crippen LogP contribution is -2.19. The summed E-state index contributed by atoms with van der Waals surface area (Å²) in [5.74, 6) is 0.396. The molecule has 0 aliphatic rings. The highest BCUT2D eigenvalue weighted by Crippen LogP contribution is 2.27. The van der Waals surface area contributed by atoms with Crippen molar-refractivity contribution in [3.8, 4) is 0 Å². The lowest BCUT2D eigenvalue weighted by atomic mass is 10.2. The Bertz CT molecular complexity index is 554. The molecular weight excluding hydrogens is 273 g/mol. The molecule has 0 amide bonds. The number of hydrogen-bond acceptors (Lipinski definition) is 4. The van der Waals surface area contributed by atoms with Gasteiger partial charge in [-0.25, -0.2) is 9.37 Å². The Hall–Kier alpha value is -1.46. The van der Waals surface area contributed by atoms with Gasteiger partial charge in [0.2, 0.25) is 0 Å². The zero-order valence-electron chi connectivity index (χ0n) is 12.1. The fourth-order valence-corrected chi connectivity index (χ4v) is 2.63. The van der Waals surface area contributed by atoms with Gasteiger partial charge in [0.15, 0.2) is 5.13 Å². The number of nitrogens with zero attached hydrogens (tertiary/aromatic N) is 2. The van der Waals surface area contributed by atoms with Gasteiger partial charge in [-0.1, -0.05) is 19.9 Å². The lowest BCUT2D eigenvalue weighted by molar-refractivity contribution is 0.549. The third kappa shape index (κ3) is 4.02. The van der Waals surface area contributed by atoms with E-state index in [1.165, 1.54) is 12.1 Å².